The van der Waals surface area contributed by atoms with Crippen molar-refractivity contribution >= 4 is 0 Å². The fraction of sp³-hybridized carbons (Fsp3) is 0.471. The van der Waals surface area contributed by atoms with E-state index < -0.39 is 0 Å². The molecule has 3 rings (SSSR count). The van der Waals surface area contributed by atoms with Crippen molar-refractivity contribution in [1.29, 1.82) is 0 Å². The van der Waals surface area contributed by atoms with Gasteiger partial charge in [-0.1, -0.05) is 29.8 Å². The Morgan fingerprint density at radius 2 is 1.95 bits per heavy atom. The van der Waals surface area contributed by atoms with E-state index in [-0.39, 0.29) is 5.54 Å². The number of nitrogens with one attached hydrogen (secondary N) is 1. The molecule has 1 fully saturated rings. The Hall–Kier alpha value is -1.61. The van der Waals surface area contributed by atoms with Gasteiger partial charge in [0.2, 0.25) is 0 Å². The molecule has 1 saturated carbocycles. The van der Waals surface area contributed by atoms with Gasteiger partial charge in [0, 0.05) is 30.5 Å². The van der Waals surface area contributed by atoms with Crippen molar-refractivity contribution < 1.29 is 0 Å². The minimum absolute atomic E-state index is 0.210. The first-order valence-corrected chi connectivity index (χ1v) is 7.42. The molecular formula is C17H23N3. The Bertz CT molecular complexity index is 579. The molecule has 0 spiro atoms. The van der Waals surface area contributed by atoms with Gasteiger partial charge in [0.25, 0.3) is 0 Å². The molecule has 3 nitrogen and oxygen atoms in total. The molecule has 3 heteroatoms. The van der Waals surface area contributed by atoms with Gasteiger partial charge in [0.15, 0.2) is 0 Å². The molecule has 2 aromatic rings. The van der Waals surface area contributed by atoms with E-state index in [1.165, 1.54) is 24.0 Å². The zero-order valence-corrected chi connectivity index (χ0v) is 12.6. The number of hydrogen-bond acceptors (Lipinski definition) is 2. The van der Waals surface area contributed by atoms with Gasteiger partial charge >= 0.3 is 0 Å². The van der Waals surface area contributed by atoms with Crippen molar-refractivity contribution in [2.24, 2.45) is 0 Å². The summed E-state index contributed by atoms with van der Waals surface area (Å²) in [7, 11) is 0. The number of benzene rings is 1. The topological polar surface area (TPSA) is 29.9 Å². The lowest BCUT2D eigenvalue weighted by molar-refractivity contribution is 0.397. The van der Waals surface area contributed by atoms with Crippen LogP contribution < -0.4 is 5.32 Å². The lowest BCUT2D eigenvalue weighted by Crippen LogP contribution is -2.39. The van der Waals surface area contributed by atoms with Gasteiger partial charge in [-0.2, -0.15) is 0 Å². The van der Waals surface area contributed by atoms with Gasteiger partial charge in [-0.05, 0) is 39.2 Å². The zero-order valence-electron chi connectivity index (χ0n) is 12.6. The Labute approximate surface area is 121 Å². The first kappa shape index (κ1) is 13.4. The van der Waals surface area contributed by atoms with Crippen molar-refractivity contribution in [3.63, 3.8) is 0 Å². The highest BCUT2D eigenvalue weighted by Crippen LogP contribution is 2.45. The standard InChI is InChI=1S/C17H23N3/c1-13-4-6-16(7-5-13)17(8-9-17)19-14(2)12-20-11-10-18-15(20)3/h4-7,10-11,14,19H,8-9,12H2,1-3H3/t14-/m0/s1. The van der Waals surface area contributed by atoms with Gasteiger partial charge in [-0.3, -0.25) is 0 Å². The smallest absolute Gasteiger partial charge is 0.105 e. The molecule has 0 bridgehead atoms. The summed E-state index contributed by atoms with van der Waals surface area (Å²) in [5.74, 6) is 1.08. The number of nitrogens with zero attached hydrogens (tertiary/aromatic N) is 2. The lowest BCUT2D eigenvalue weighted by Gasteiger charge is -2.24. The monoisotopic (exact) mass is 269 g/mol. The second-order valence-electron chi connectivity index (χ2n) is 6.12. The molecule has 1 aliphatic carbocycles. The van der Waals surface area contributed by atoms with Crippen molar-refractivity contribution in [2.75, 3.05) is 0 Å². The SMILES string of the molecule is Cc1ccc(C2(N[C@@H](C)Cn3ccnc3C)CC2)cc1. The number of hydrogen-bond donors (Lipinski definition) is 1. The molecule has 0 unspecified atom stereocenters. The van der Waals surface area contributed by atoms with E-state index in [0.29, 0.717) is 6.04 Å². The van der Waals surface area contributed by atoms with Crippen LogP contribution >= 0.6 is 0 Å². The van der Waals surface area contributed by atoms with E-state index in [1.807, 2.05) is 6.20 Å². The average Bonchev–Trinajstić information content (AvgIpc) is 3.08. The van der Waals surface area contributed by atoms with Gasteiger partial charge < -0.3 is 9.88 Å². The third kappa shape index (κ3) is 2.63. The molecule has 0 saturated heterocycles. The highest BCUT2D eigenvalue weighted by atomic mass is 15.1. The molecule has 1 aliphatic rings. The molecule has 0 amide bonds. The molecule has 20 heavy (non-hydrogen) atoms. The van der Waals surface area contributed by atoms with Crippen LogP contribution in [0.15, 0.2) is 36.7 Å². The largest absolute Gasteiger partial charge is 0.334 e. The Kier molecular flexibility index (Phi) is 3.38. The van der Waals surface area contributed by atoms with Crippen LogP contribution in [0.25, 0.3) is 0 Å². The zero-order chi connectivity index (χ0) is 14.2. The van der Waals surface area contributed by atoms with E-state index in [0.717, 1.165) is 12.4 Å². The van der Waals surface area contributed by atoms with Gasteiger partial charge in [-0.15, -0.1) is 0 Å². The number of rotatable bonds is 5. The predicted octanol–water partition coefficient (Wildman–Crippen LogP) is 3.17. The van der Waals surface area contributed by atoms with E-state index in [9.17, 15) is 0 Å². The predicted molar refractivity (Wildman–Crippen MR) is 81.7 cm³/mol. The summed E-state index contributed by atoms with van der Waals surface area (Å²) < 4.78 is 2.21. The highest BCUT2D eigenvalue weighted by molar-refractivity contribution is 5.32. The number of aryl methyl sites for hydroxylation is 2. The second kappa shape index (κ2) is 5.06. The summed E-state index contributed by atoms with van der Waals surface area (Å²) >= 11 is 0. The highest BCUT2D eigenvalue weighted by Gasteiger charge is 2.44. The van der Waals surface area contributed by atoms with E-state index in [1.54, 1.807) is 0 Å². The third-order valence-corrected chi connectivity index (χ3v) is 4.27. The summed E-state index contributed by atoms with van der Waals surface area (Å²) in [4.78, 5) is 4.28. The number of aromatic nitrogens is 2. The normalized spacial score (nSPS) is 17.9. The first-order valence-electron chi connectivity index (χ1n) is 7.42. The summed E-state index contributed by atoms with van der Waals surface area (Å²) in [5, 5.41) is 3.82. The quantitative estimate of drug-likeness (QED) is 0.903. The molecule has 1 aromatic heterocycles. The van der Waals surface area contributed by atoms with Crippen LogP contribution in [0.5, 0.6) is 0 Å². The summed E-state index contributed by atoms with van der Waals surface area (Å²) in [6.45, 7) is 7.42. The van der Waals surface area contributed by atoms with Gasteiger partial charge in [-0.25, -0.2) is 4.98 Å². The van der Waals surface area contributed by atoms with Crippen molar-refractivity contribution in [3.8, 4) is 0 Å². The summed E-state index contributed by atoms with van der Waals surface area (Å²) in [6, 6.07) is 9.39. The molecule has 1 aromatic carbocycles. The Morgan fingerprint density at radius 3 is 2.50 bits per heavy atom. The molecule has 0 radical (unpaired) electrons. The van der Waals surface area contributed by atoms with Crippen LogP contribution in [0.1, 0.15) is 36.7 Å². The van der Waals surface area contributed by atoms with Crippen LogP contribution in [-0.4, -0.2) is 15.6 Å². The minimum Gasteiger partial charge on any atom is -0.334 e. The van der Waals surface area contributed by atoms with Crippen molar-refractivity contribution in [2.45, 2.75) is 51.7 Å². The lowest BCUT2D eigenvalue weighted by atomic mass is 10.0. The van der Waals surface area contributed by atoms with Gasteiger partial charge in [0.1, 0.15) is 5.82 Å². The summed E-state index contributed by atoms with van der Waals surface area (Å²) in [5.41, 5.74) is 2.96. The fourth-order valence-corrected chi connectivity index (χ4v) is 2.92. The molecule has 1 heterocycles. The van der Waals surface area contributed by atoms with E-state index in [2.05, 4.69) is 66.1 Å². The van der Waals surface area contributed by atoms with Crippen LogP contribution in [0.4, 0.5) is 0 Å². The van der Waals surface area contributed by atoms with E-state index >= 15 is 0 Å². The van der Waals surface area contributed by atoms with Crippen molar-refractivity contribution in [3.05, 3.63) is 53.6 Å². The Balaban J connectivity index is 1.68. The summed E-state index contributed by atoms with van der Waals surface area (Å²) in [6.07, 6.45) is 6.40. The maximum absolute atomic E-state index is 4.28. The number of imidazole rings is 1. The first-order chi connectivity index (χ1) is 9.59. The van der Waals surface area contributed by atoms with Crippen LogP contribution in [-0.2, 0) is 12.1 Å². The van der Waals surface area contributed by atoms with Gasteiger partial charge in [0.05, 0.1) is 0 Å². The molecule has 1 N–H and O–H groups in total. The second-order valence-corrected chi connectivity index (χ2v) is 6.12. The van der Waals surface area contributed by atoms with Crippen LogP contribution in [0.3, 0.4) is 0 Å². The average molecular weight is 269 g/mol. The molecule has 0 aliphatic heterocycles. The maximum atomic E-state index is 4.28. The fourth-order valence-electron chi connectivity index (χ4n) is 2.92. The van der Waals surface area contributed by atoms with Crippen LogP contribution in [0, 0.1) is 13.8 Å². The molecular weight excluding hydrogens is 246 g/mol. The molecule has 106 valence electrons. The molecule has 1 atom stereocenters. The van der Waals surface area contributed by atoms with Crippen molar-refractivity contribution in [1.82, 2.24) is 14.9 Å². The minimum atomic E-state index is 0.210. The van der Waals surface area contributed by atoms with E-state index in [4.69, 9.17) is 0 Å². The van der Waals surface area contributed by atoms with Crippen LogP contribution in [0.2, 0.25) is 0 Å². The Morgan fingerprint density at radius 1 is 1.25 bits per heavy atom. The maximum Gasteiger partial charge on any atom is 0.105 e. The third-order valence-electron chi connectivity index (χ3n) is 4.27.